The van der Waals surface area contributed by atoms with E-state index < -0.39 is 0 Å². The Morgan fingerprint density at radius 2 is 2.18 bits per heavy atom. The summed E-state index contributed by atoms with van der Waals surface area (Å²) in [5.41, 5.74) is 0.274. The largest absolute Gasteiger partial charge is 0.375 e. The van der Waals surface area contributed by atoms with Crippen molar-refractivity contribution in [3.63, 3.8) is 0 Å². The van der Waals surface area contributed by atoms with Crippen LogP contribution in [0, 0.1) is 5.41 Å². The highest BCUT2D eigenvalue weighted by Crippen LogP contribution is 2.16. The summed E-state index contributed by atoms with van der Waals surface area (Å²) in [6.07, 6.45) is 1.52. The molecule has 0 aromatic carbocycles. The zero-order chi connectivity index (χ0) is 12.0. The van der Waals surface area contributed by atoms with E-state index in [-0.39, 0.29) is 29.8 Å². The molecule has 0 spiro atoms. The molecule has 1 unspecified atom stereocenters. The third-order valence-electron chi connectivity index (χ3n) is 2.61. The molecule has 5 heteroatoms. The molecular weight excluding hydrogens is 240 g/mol. The van der Waals surface area contributed by atoms with Gasteiger partial charge in [0, 0.05) is 19.6 Å². The lowest BCUT2D eigenvalue weighted by Crippen LogP contribution is -2.41. The molecule has 1 fully saturated rings. The summed E-state index contributed by atoms with van der Waals surface area (Å²) in [6, 6.07) is 0. The molecule has 1 aliphatic heterocycles. The lowest BCUT2D eigenvalue weighted by Gasteiger charge is -2.23. The Bertz CT molecular complexity index is 223. The number of nitrogens with one attached hydrogen (secondary N) is 2. The van der Waals surface area contributed by atoms with Crippen LogP contribution in [-0.4, -0.2) is 38.3 Å². The van der Waals surface area contributed by atoms with Crippen LogP contribution in [0.3, 0.4) is 0 Å². The van der Waals surface area contributed by atoms with Crippen LogP contribution < -0.4 is 10.6 Å². The van der Waals surface area contributed by atoms with Crippen LogP contribution in [-0.2, 0) is 9.53 Å². The summed E-state index contributed by atoms with van der Waals surface area (Å²) in [5.74, 6) is 0.0953. The molecule has 1 atom stereocenters. The Hall–Kier alpha value is -0.320. The molecule has 1 amide bonds. The first kappa shape index (κ1) is 16.7. The lowest BCUT2D eigenvalue weighted by atomic mass is 9.92. The molecular formula is C12H25ClN2O2. The number of carbonyl (C=O) groups excluding carboxylic acids is 1. The van der Waals surface area contributed by atoms with Gasteiger partial charge < -0.3 is 15.4 Å². The summed E-state index contributed by atoms with van der Waals surface area (Å²) in [6.45, 7) is 9.66. The summed E-state index contributed by atoms with van der Waals surface area (Å²) >= 11 is 0. The van der Waals surface area contributed by atoms with Crippen molar-refractivity contribution in [3.8, 4) is 0 Å². The maximum atomic E-state index is 11.6. The summed E-state index contributed by atoms with van der Waals surface area (Å²) in [5, 5.41) is 6.16. The van der Waals surface area contributed by atoms with Crippen LogP contribution >= 0.6 is 12.4 Å². The first-order valence-corrected chi connectivity index (χ1v) is 6.06. The highest BCUT2D eigenvalue weighted by atomic mass is 35.5. The maximum absolute atomic E-state index is 11.6. The van der Waals surface area contributed by atoms with Gasteiger partial charge in [0.1, 0.15) is 0 Å². The number of amides is 1. The van der Waals surface area contributed by atoms with Gasteiger partial charge in [0.25, 0.3) is 0 Å². The minimum absolute atomic E-state index is 0. The van der Waals surface area contributed by atoms with E-state index in [2.05, 4.69) is 31.4 Å². The van der Waals surface area contributed by atoms with Gasteiger partial charge in [-0.25, -0.2) is 0 Å². The molecule has 0 saturated carbocycles. The van der Waals surface area contributed by atoms with Crippen molar-refractivity contribution < 1.29 is 9.53 Å². The van der Waals surface area contributed by atoms with Crippen LogP contribution in [0.25, 0.3) is 0 Å². The van der Waals surface area contributed by atoms with Crippen molar-refractivity contribution in [2.75, 3.05) is 26.2 Å². The number of hydrogen-bond acceptors (Lipinski definition) is 3. The van der Waals surface area contributed by atoms with Gasteiger partial charge in [-0.2, -0.15) is 0 Å². The van der Waals surface area contributed by atoms with Crippen LogP contribution in [0.4, 0.5) is 0 Å². The molecule has 0 aromatic rings. The van der Waals surface area contributed by atoms with Gasteiger partial charge in [0.15, 0.2) is 0 Å². The Morgan fingerprint density at radius 1 is 1.47 bits per heavy atom. The topological polar surface area (TPSA) is 50.4 Å². The monoisotopic (exact) mass is 264 g/mol. The fourth-order valence-corrected chi connectivity index (χ4v) is 1.61. The van der Waals surface area contributed by atoms with E-state index in [0.29, 0.717) is 13.0 Å². The summed E-state index contributed by atoms with van der Waals surface area (Å²) in [4.78, 5) is 11.6. The molecule has 2 N–H and O–H groups in total. The van der Waals surface area contributed by atoms with E-state index in [1.165, 1.54) is 0 Å². The van der Waals surface area contributed by atoms with E-state index in [0.717, 1.165) is 26.1 Å². The minimum Gasteiger partial charge on any atom is -0.375 e. The van der Waals surface area contributed by atoms with E-state index >= 15 is 0 Å². The summed E-state index contributed by atoms with van der Waals surface area (Å²) in [7, 11) is 0. The van der Waals surface area contributed by atoms with Gasteiger partial charge in [0.2, 0.25) is 5.91 Å². The Balaban J connectivity index is 0.00000256. The highest BCUT2D eigenvalue weighted by Gasteiger charge is 2.17. The molecule has 1 saturated heterocycles. The molecule has 0 aliphatic carbocycles. The second-order valence-electron chi connectivity index (χ2n) is 5.56. The van der Waals surface area contributed by atoms with Gasteiger partial charge in [-0.05, 0) is 11.8 Å². The van der Waals surface area contributed by atoms with E-state index in [1.54, 1.807) is 0 Å². The average Bonchev–Trinajstić information content (AvgIpc) is 2.17. The summed E-state index contributed by atoms with van der Waals surface area (Å²) < 4.78 is 5.47. The zero-order valence-corrected chi connectivity index (χ0v) is 11.9. The number of hydrogen-bond donors (Lipinski definition) is 2. The molecule has 4 nitrogen and oxygen atoms in total. The quantitative estimate of drug-likeness (QED) is 0.806. The SMILES string of the molecule is CC(C)(C)CCNC(=O)CC1CNCCO1.Cl. The Labute approximate surface area is 110 Å². The predicted molar refractivity (Wildman–Crippen MR) is 71.6 cm³/mol. The fraction of sp³-hybridized carbons (Fsp3) is 0.917. The maximum Gasteiger partial charge on any atom is 0.222 e. The highest BCUT2D eigenvalue weighted by molar-refractivity contribution is 5.85. The van der Waals surface area contributed by atoms with E-state index in [1.807, 2.05) is 0 Å². The van der Waals surface area contributed by atoms with Crippen LogP contribution in [0.2, 0.25) is 0 Å². The van der Waals surface area contributed by atoms with Gasteiger partial charge in [-0.1, -0.05) is 20.8 Å². The number of rotatable bonds is 4. The van der Waals surface area contributed by atoms with Crippen molar-refractivity contribution in [1.82, 2.24) is 10.6 Å². The number of halogens is 1. The lowest BCUT2D eigenvalue weighted by molar-refractivity contribution is -0.124. The van der Waals surface area contributed by atoms with Crippen molar-refractivity contribution in [3.05, 3.63) is 0 Å². The van der Waals surface area contributed by atoms with Gasteiger partial charge >= 0.3 is 0 Å². The van der Waals surface area contributed by atoms with Gasteiger partial charge in [0.05, 0.1) is 19.1 Å². The number of morpholine rings is 1. The smallest absolute Gasteiger partial charge is 0.222 e. The molecule has 1 aliphatic rings. The van der Waals surface area contributed by atoms with E-state index in [9.17, 15) is 4.79 Å². The fourth-order valence-electron chi connectivity index (χ4n) is 1.61. The zero-order valence-electron chi connectivity index (χ0n) is 11.0. The second-order valence-corrected chi connectivity index (χ2v) is 5.56. The normalized spacial score (nSPS) is 20.5. The molecule has 0 aromatic heterocycles. The van der Waals surface area contributed by atoms with Crippen LogP contribution in [0.1, 0.15) is 33.6 Å². The van der Waals surface area contributed by atoms with Crippen molar-refractivity contribution in [2.45, 2.75) is 39.7 Å². The standard InChI is InChI=1S/C12H24N2O2.ClH/c1-12(2,3)4-5-14-11(15)8-10-9-13-6-7-16-10;/h10,13H,4-9H2,1-3H3,(H,14,15);1H. The van der Waals surface area contributed by atoms with Crippen molar-refractivity contribution >= 4 is 18.3 Å². The molecule has 102 valence electrons. The molecule has 0 bridgehead atoms. The first-order valence-electron chi connectivity index (χ1n) is 6.06. The Morgan fingerprint density at radius 3 is 2.71 bits per heavy atom. The number of carbonyl (C=O) groups is 1. The molecule has 1 heterocycles. The minimum atomic E-state index is 0. The van der Waals surface area contributed by atoms with Crippen molar-refractivity contribution in [2.24, 2.45) is 5.41 Å². The number of ether oxygens (including phenoxy) is 1. The van der Waals surface area contributed by atoms with Gasteiger partial charge in [-0.15, -0.1) is 12.4 Å². The van der Waals surface area contributed by atoms with Crippen LogP contribution in [0.5, 0.6) is 0 Å². The predicted octanol–water partition coefficient (Wildman–Crippen LogP) is 1.34. The molecule has 1 rings (SSSR count). The van der Waals surface area contributed by atoms with Gasteiger partial charge in [-0.3, -0.25) is 4.79 Å². The first-order chi connectivity index (χ1) is 7.47. The molecule has 17 heavy (non-hydrogen) atoms. The van der Waals surface area contributed by atoms with E-state index in [4.69, 9.17) is 4.74 Å². The molecule has 0 radical (unpaired) electrons. The van der Waals surface area contributed by atoms with Crippen LogP contribution in [0.15, 0.2) is 0 Å². The average molecular weight is 265 g/mol. The van der Waals surface area contributed by atoms with Crippen molar-refractivity contribution in [1.29, 1.82) is 0 Å². The third-order valence-corrected chi connectivity index (χ3v) is 2.61. The Kier molecular flexibility index (Phi) is 7.75. The second kappa shape index (κ2) is 7.90. The third kappa shape index (κ3) is 8.41.